The van der Waals surface area contributed by atoms with Gasteiger partial charge in [-0.15, -0.1) is 11.3 Å². The lowest BCUT2D eigenvalue weighted by Crippen LogP contribution is -2.33. The van der Waals surface area contributed by atoms with Gasteiger partial charge in [-0.05, 0) is 51.5 Å². The normalized spacial score (nSPS) is 17.1. The molecule has 1 atom stereocenters. The molecule has 0 aromatic carbocycles. The smallest absolute Gasteiger partial charge is 0.329 e. The van der Waals surface area contributed by atoms with Crippen molar-refractivity contribution in [2.24, 2.45) is 0 Å². The van der Waals surface area contributed by atoms with Crippen LogP contribution in [0.2, 0.25) is 0 Å². The van der Waals surface area contributed by atoms with Gasteiger partial charge in [0.15, 0.2) is 0 Å². The van der Waals surface area contributed by atoms with Gasteiger partial charge in [0.05, 0.1) is 11.7 Å². The monoisotopic (exact) mass is 348 g/mol. The molecule has 0 unspecified atom stereocenters. The Morgan fingerprint density at radius 2 is 2.08 bits per heavy atom. The molecule has 24 heavy (non-hydrogen) atoms. The summed E-state index contributed by atoms with van der Waals surface area (Å²) < 4.78 is 7.13. The predicted molar refractivity (Wildman–Crippen MR) is 95.6 cm³/mol. The molecule has 130 valence electrons. The summed E-state index contributed by atoms with van der Waals surface area (Å²) in [5, 5.41) is 0.629. The molecule has 1 fully saturated rings. The van der Waals surface area contributed by atoms with E-state index in [1.54, 1.807) is 0 Å². The molecule has 5 nitrogen and oxygen atoms in total. The Kier molecular flexibility index (Phi) is 5.04. The van der Waals surface area contributed by atoms with Gasteiger partial charge in [-0.2, -0.15) is 0 Å². The summed E-state index contributed by atoms with van der Waals surface area (Å²) in [6.07, 6.45) is 7.29. The molecule has 1 aliphatic carbocycles. The van der Waals surface area contributed by atoms with Gasteiger partial charge in [0.25, 0.3) is 5.56 Å². The van der Waals surface area contributed by atoms with Crippen molar-refractivity contribution in [1.29, 1.82) is 0 Å². The van der Waals surface area contributed by atoms with E-state index in [1.807, 2.05) is 20.8 Å². The quantitative estimate of drug-likeness (QED) is 0.786. The van der Waals surface area contributed by atoms with E-state index in [-0.39, 0.29) is 17.6 Å². The molecule has 1 saturated carbocycles. The number of fused-ring (bicyclic) bond motifs is 1. The van der Waals surface area contributed by atoms with Crippen LogP contribution in [-0.2, 0) is 9.53 Å². The minimum atomic E-state index is -0.601. The van der Waals surface area contributed by atoms with Crippen molar-refractivity contribution in [2.75, 3.05) is 0 Å². The average molecular weight is 348 g/mol. The lowest BCUT2D eigenvalue weighted by atomic mass is 9.98. The van der Waals surface area contributed by atoms with Gasteiger partial charge in [0.1, 0.15) is 17.0 Å². The first kappa shape index (κ1) is 17.1. The SMILES string of the molecule is CC[C@@H](C(=O)OC1CCCCC1)n1cnc2sc(C)c(C)c2c1=O. The average Bonchev–Trinajstić information content (AvgIpc) is 2.86. The highest BCUT2D eigenvalue weighted by Gasteiger charge is 2.26. The molecular formula is C18H24N2O3S. The van der Waals surface area contributed by atoms with E-state index in [1.165, 1.54) is 28.7 Å². The lowest BCUT2D eigenvalue weighted by molar-refractivity contribution is -0.154. The second-order valence-electron chi connectivity index (χ2n) is 6.54. The molecule has 0 spiro atoms. The highest BCUT2D eigenvalue weighted by atomic mass is 32.1. The number of aromatic nitrogens is 2. The van der Waals surface area contributed by atoms with E-state index in [4.69, 9.17) is 4.74 Å². The van der Waals surface area contributed by atoms with E-state index >= 15 is 0 Å². The van der Waals surface area contributed by atoms with Crippen molar-refractivity contribution < 1.29 is 9.53 Å². The molecule has 2 heterocycles. The van der Waals surface area contributed by atoms with Gasteiger partial charge in [0.2, 0.25) is 0 Å². The van der Waals surface area contributed by atoms with E-state index in [0.29, 0.717) is 11.8 Å². The molecule has 6 heteroatoms. The second-order valence-corrected chi connectivity index (χ2v) is 7.74. The molecule has 0 bridgehead atoms. The number of hydrogen-bond donors (Lipinski definition) is 0. The number of rotatable bonds is 4. The molecule has 0 amide bonds. The molecule has 0 radical (unpaired) electrons. The van der Waals surface area contributed by atoms with Crippen LogP contribution < -0.4 is 5.56 Å². The number of esters is 1. The number of thiophene rings is 1. The minimum absolute atomic E-state index is 0.00202. The van der Waals surface area contributed by atoms with E-state index in [0.717, 1.165) is 41.0 Å². The van der Waals surface area contributed by atoms with Crippen LogP contribution in [0, 0.1) is 13.8 Å². The maximum atomic E-state index is 12.9. The fourth-order valence-electron chi connectivity index (χ4n) is 3.37. The van der Waals surface area contributed by atoms with Crippen LogP contribution in [0.5, 0.6) is 0 Å². The standard InChI is InChI=1S/C18H24N2O3S/c1-4-14(18(22)23-13-8-6-5-7-9-13)20-10-19-16-15(17(20)21)11(2)12(3)24-16/h10,13-14H,4-9H2,1-3H3/t14-/m0/s1. The molecule has 0 N–H and O–H groups in total. The zero-order valence-corrected chi connectivity index (χ0v) is 15.3. The molecule has 0 aliphatic heterocycles. The Balaban J connectivity index is 1.91. The number of carbonyl (C=O) groups is 1. The predicted octanol–water partition coefficient (Wildman–Crippen LogP) is 3.90. The number of ether oxygens (including phenoxy) is 1. The highest BCUT2D eigenvalue weighted by molar-refractivity contribution is 7.18. The third kappa shape index (κ3) is 3.11. The van der Waals surface area contributed by atoms with Crippen molar-refractivity contribution in [3.05, 3.63) is 27.1 Å². The third-order valence-corrected chi connectivity index (χ3v) is 6.06. The van der Waals surface area contributed by atoms with Crippen LogP contribution in [0.4, 0.5) is 0 Å². The van der Waals surface area contributed by atoms with Gasteiger partial charge in [-0.25, -0.2) is 9.78 Å². The van der Waals surface area contributed by atoms with Crippen LogP contribution in [0.3, 0.4) is 0 Å². The van der Waals surface area contributed by atoms with E-state index < -0.39 is 6.04 Å². The molecule has 0 saturated heterocycles. The maximum Gasteiger partial charge on any atom is 0.329 e. The van der Waals surface area contributed by atoms with Crippen molar-refractivity contribution in [3.8, 4) is 0 Å². The van der Waals surface area contributed by atoms with Crippen molar-refractivity contribution in [1.82, 2.24) is 9.55 Å². The summed E-state index contributed by atoms with van der Waals surface area (Å²) in [5.41, 5.74) is 0.812. The van der Waals surface area contributed by atoms with E-state index in [9.17, 15) is 9.59 Å². The van der Waals surface area contributed by atoms with Crippen LogP contribution in [0.25, 0.3) is 10.2 Å². The van der Waals surface area contributed by atoms with Crippen LogP contribution >= 0.6 is 11.3 Å². The first-order chi connectivity index (χ1) is 11.5. The van der Waals surface area contributed by atoms with Gasteiger partial charge < -0.3 is 4.74 Å². The van der Waals surface area contributed by atoms with Crippen LogP contribution in [0.15, 0.2) is 11.1 Å². The van der Waals surface area contributed by atoms with Crippen molar-refractivity contribution in [2.45, 2.75) is 71.4 Å². The fraction of sp³-hybridized carbons (Fsp3) is 0.611. The van der Waals surface area contributed by atoms with Gasteiger partial charge in [0, 0.05) is 4.88 Å². The Bertz CT molecular complexity index is 802. The molecule has 3 rings (SSSR count). The van der Waals surface area contributed by atoms with Gasteiger partial charge in [-0.1, -0.05) is 13.3 Å². The van der Waals surface area contributed by atoms with Gasteiger partial charge in [-0.3, -0.25) is 9.36 Å². The zero-order valence-electron chi connectivity index (χ0n) is 14.5. The molecule has 2 aromatic rings. The summed E-state index contributed by atoms with van der Waals surface area (Å²) in [5.74, 6) is -0.308. The number of nitrogens with zero attached hydrogens (tertiary/aromatic N) is 2. The second kappa shape index (κ2) is 7.05. The fourth-order valence-corrected chi connectivity index (χ4v) is 4.36. The zero-order chi connectivity index (χ0) is 17.3. The van der Waals surface area contributed by atoms with Crippen molar-refractivity contribution >= 4 is 27.5 Å². The Morgan fingerprint density at radius 3 is 2.75 bits per heavy atom. The summed E-state index contributed by atoms with van der Waals surface area (Å²) in [4.78, 5) is 31.7. The van der Waals surface area contributed by atoms with E-state index in [2.05, 4.69) is 4.98 Å². The van der Waals surface area contributed by atoms with Crippen LogP contribution in [-0.4, -0.2) is 21.6 Å². The first-order valence-electron chi connectivity index (χ1n) is 8.70. The third-order valence-electron chi connectivity index (χ3n) is 4.94. The number of hydrogen-bond acceptors (Lipinski definition) is 5. The summed E-state index contributed by atoms with van der Waals surface area (Å²) in [7, 11) is 0. The molecular weight excluding hydrogens is 324 g/mol. The summed E-state index contributed by atoms with van der Waals surface area (Å²) >= 11 is 1.52. The van der Waals surface area contributed by atoms with Crippen LogP contribution in [0.1, 0.15) is 61.9 Å². The summed E-state index contributed by atoms with van der Waals surface area (Å²) in [6.45, 7) is 5.82. The largest absolute Gasteiger partial charge is 0.461 e. The first-order valence-corrected chi connectivity index (χ1v) is 9.52. The highest BCUT2D eigenvalue weighted by Crippen LogP contribution is 2.27. The molecule has 2 aromatic heterocycles. The maximum absolute atomic E-state index is 12.9. The Morgan fingerprint density at radius 1 is 1.38 bits per heavy atom. The number of aryl methyl sites for hydroxylation is 2. The van der Waals surface area contributed by atoms with Crippen molar-refractivity contribution in [3.63, 3.8) is 0 Å². The Hall–Kier alpha value is -1.69. The minimum Gasteiger partial charge on any atom is -0.461 e. The summed E-state index contributed by atoms with van der Waals surface area (Å²) in [6, 6.07) is -0.601. The Labute approximate surface area is 145 Å². The van der Waals surface area contributed by atoms with Gasteiger partial charge >= 0.3 is 5.97 Å². The number of carbonyl (C=O) groups excluding carboxylic acids is 1. The topological polar surface area (TPSA) is 61.2 Å². The molecule has 1 aliphatic rings. The lowest BCUT2D eigenvalue weighted by Gasteiger charge is -2.25.